The van der Waals surface area contributed by atoms with Crippen molar-refractivity contribution in [3.8, 4) is 17.0 Å². The van der Waals surface area contributed by atoms with Crippen LogP contribution in [0.3, 0.4) is 0 Å². The molecule has 3 rings (SSSR count). The first-order valence-electron chi connectivity index (χ1n) is 9.35. The maximum absolute atomic E-state index is 11.7. The summed E-state index contributed by atoms with van der Waals surface area (Å²) in [5, 5.41) is 0. The molecular formula is C20H21N3O7S. The van der Waals surface area contributed by atoms with E-state index in [9.17, 15) is 14.4 Å². The molecule has 11 heteroatoms. The van der Waals surface area contributed by atoms with Gasteiger partial charge in [-0.3, -0.25) is 19.4 Å². The van der Waals surface area contributed by atoms with Gasteiger partial charge in [-0.2, -0.15) is 0 Å². The fraction of sp³-hybridized carbons (Fsp3) is 0.400. The van der Waals surface area contributed by atoms with Crippen LogP contribution in [0.1, 0.15) is 20.8 Å². The fourth-order valence-corrected chi connectivity index (χ4v) is 4.21. The van der Waals surface area contributed by atoms with Gasteiger partial charge in [-0.1, -0.05) is 0 Å². The molecule has 0 bridgehead atoms. The summed E-state index contributed by atoms with van der Waals surface area (Å²) >= 11 is 1.27. The third kappa shape index (κ3) is 6.14. The highest BCUT2D eigenvalue weighted by atomic mass is 32.2. The molecule has 0 spiro atoms. The van der Waals surface area contributed by atoms with Crippen LogP contribution in [0.15, 0.2) is 37.1 Å². The molecule has 1 saturated heterocycles. The van der Waals surface area contributed by atoms with Gasteiger partial charge in [-0.15, -0.1) is 11.8 Å². The van der Waals surface area contributed by atoms with Crippen molar-refractivity contribution in [3.05, 3.63) is 37.1 Å². The number of nitrogens with zero attached hydrogens (tertiary/aromatic N) is 3. The van der Waals surface area contributed by atoms with Gasteiger partial charge in [0.25, 0.3) is 0 Å². The first-order chi connectivity index (χ1) is 14.8. The van der Waals surface area contributed by atoms with Crippen LogP contribution < -0.4 is 4.74 Å². The molecule has 3 heterocycles. The SMILES string of the molecule is CC(=O)O[C@@H]1[C@@H](OC(C)=O)[C@@H](Oc2ccc(-c3cncnc3)nc2)SC[C@H]1OC(C)=O. The average molecular weight is 447 g/mol. The zero-order valence-corrected chi connectivity index (χ0v) is 17.9. The minimum Gasteiger partial charge on any atom is -0.474 e. The topological polar surface area (TPSA) is 127 Å². The molecule has 1 aliphatic rings. The summed E-state index contributed by atoms with van der Waals surface area (Å²) in [6, 6.07) is 3.45. The highest BCUT2D eigenvalue weighted by Crippen LogP contribution is 2.34. The van der Waals surface area contributed by atoms with Crippen molar-refractivity contribution >= 4 is 29.7 Å². The average Bonchev–Trinajstić information content (AvgIpc) is 2.72. The number of pyridine rings is 1. The molecule has 2 aromatic heterocycles. The number of hydrogen-bond donors (Lipinski definition) is 0. The molecular weight excluding hydrogens is 426 g/mol. The summed E-state index contributed by atoms with van der Waals surface area (Å²) < 4.78 is 22.0. The van der Waals surface area contributed by atoms with E-state index in [4.69, 9.17) is 18.9 Å². The Labute approximate surface area is 182 Å². The zero-order valence-electron chi connectivity index (χ0n) is 17.1. The smallest absolute Gasteiger partial charge is 0.303 e. The van der Waals surface area contributed by atoms with Gasteiger partial charge in [0.05, 0.1) is 11.9 Å². The molecule has 0 N–H and O–H groups in total. The zero-order chi connectivity index (χ0) is 22.4. The lowest BCUT2D eigenvalue weighted by Crippen LogP contribution is -2.55. The molecule has 4 atom stereocenters. The lowest BCUT2D eigenvalue weighted by molar-refractivity contribution is -0.186. The standard InChI is InChI=1S/C20H21N3O7S/c1-11(24)27-17-9-31-20(19(29-13(3)26)18(17)28-12(2)25)30-15-4-5-16(23-8-15)14-6-21-10-22-7-14/h4-8,10,17-20H,9H2,1-3H3/t17-,18+,19-,20+/m1/s1. The Morgan fingerprint density at radius 3 is 2.13 bits per heavy atom. The quantitative estimate of drug-likeness (QED) is 0.475. The van der Waals surface area contributed by atoms with E-state index in [0.29, 0.717) is 11.4 Å². The molecule has 31 heavy (non-hydrogen) atoms. The second kappa shape index (κ2) is 10.2. The van der Waals surface area contributed by atoms with Crippen molar-refractivity contribution in [1.82, 2.24) is 15.0 Å². The van der Waals surface area contributed by atoms with Crippen molar-refractivity contribution in [2.24, 2.45) is 0 Å². The van der Waals surface area contributed by atoms with E-state index in [0.717, 1.165) is 5.56 Å². The van der Waals surface area contributed by atoms with E-state index in [1.165, 1.54) is 45.1 Å². The summed E-state index contributed by atoms with van der Waals surface area (Å²) in [5.41, 5.74) is 0.694. The second-order valence-corrected chi connectivity index (χ2v) is 7.75. The van der Waals surface area contributed by atoms with E-state index < -0.39 is 41.7 Å². The third-order valence-electron chi connectivity index (χ3n) is 4.15. The minimum atomic E-state index is -1.01. The van der Waals surface area contributed by atoms with Crippen molar-refractivity contribution in [3.63, 3.8) is 0 Å². The van der Waals surface area contributed by atoms with Crippen LogP contribution >= 0.6 is 11.8 Å². The number of hydrogen-bond acceptors (Lipinski definition) is 11. The van der Waals surface area contributed by atoms with E-state index in [-0.39, 0.29) is 5.75 Å². The van der Waals surface area contributed by atoms with E-state index >= 15 is 0 Å². The predicted octanol–water partition coefficient (Wildman–Crippen LogP) is 1.79. The summed E-state index contributed by atoms with van der Waals surface area (Å²) in [4.78, 5) is 47.1. The maximum atomic E-state index is 11.7. The monoisotopic (exact) mass is 447 g/mol. The van der Waals surface area contributed by atoms with Crippen molar-refractivity contribution in [1.29, 1.82) is 0 Å². The molecule has 10 nitrogen and oxygen atoms in total. The van der Waals surface area contributed by atoms with Gasteiger partial charge in [0.1, 0.15) is 12.1 Å². The first kappa shape index (κ1) is 22.5. The van der Waals surface area contributed by atoms with Crippen LogP contribution in [0.25, 0.3) is 11.3 Å². The van der Waals surface area contributed by atoms with Crippen molar-refractivity contribution < 1.29 is 33.3 Å². The van der Waals surface area contributed by atoms with Crippen LogP contribution in [0, 0.1) is 0 Å². The largest absolute Gasteiger partial charge is 0.474 e. The Kier molecular flexibility index (Phi) is 7.40. The van der Waals surface area contributed by atoms with E-state index in [1.54, 1.807) is 24.5 Å². The molecule has 0 unspecified atom stereocenters. The Bertz CT molecular complexity index is 926. The van der Waals surface area contributed by atoms with Crippen LogP contribution in [-0.4, -0.2) is 62.4 Å². The van der Waals surface area contributed by atoms with E-state index in [2.05, 4.69) is 15.0 Å². The number of carbonyl (C=O) groups is 3. The number of carbonyl (C=O) groups excluding carboxylic acids is 3. The normalized spacial score (nSPS) is 22.8. The van der Waals surface area contributed by atoms with Crippen LogP contribution in [0.4, 0.5) is 0 Å². The van der Waals surface area contributed by atoms with Gasteiger partial charge in [0.2, 0.25) is 0 Å². The fourth-order valence-electron chi connectivity index (χ4n) is 3.00. The molecule has 0 aromatic carbocycles. The highest BCUT2D eigenvalue weighted by molar-refractivity contribution is 7.99. The first-order valence-corrected chi connectivity index (χ1v) is 10.4. The van der Waals surface area contributed by atoms with Crippen LogP contribution in [0.2, 0.25) is 0 Å². The summed E-state index contributed by atoms with van der Waals surface area (Å²) in [5.74, 6) is -1.01. The van der Waals surface area contributed by atoms with Crippen molar-refractivity contribution in [2.45, 2.75) is 44.5 Å². The predicted molar refractivity (Wildman–Crippen MR) is 109 cm³/mol. The number of rotatable bonds is 6. The molecule has 1 fully saturated rings. The van der Waals surface area contributed by atoms with Gasteiger partial charge < -0.3 is 18.9 Å². The Morgan fingerprint density at radius 1 is 0.903 bits per heavy atom. The lowest BCUT2D eigenvalue weighted by atomic mass is 10.1. The maximum Gasteiger partial charge on any atom is 0.303 e. The number of thioether (sulfide) groups is 1. The molecule has 2 aromatic rings. The molecule has 164 valence electrons. The molecule has 0 saturated carbocycles. The summed E-state index contributed by atoms with van der Waals surface area (Å²) in [6.07, 6.45) is 3.45. The lowest BCUT2D eigenvalue weighted by Gasteiger charge is -2.39. The molecule has 0 aliphatic carbocycles. The number of aromatic nitrogens is 3. The molecule has 1 aliphatic heterocycles. The van der Waals surface area contributed by atoms with Crippen LogP contribution in [0.5, 0.6) is 5.75 Å². The Morgan fingerprint density at radius 2 is 1.55 bits per heavy atom. The van der Waals surface area contributed by atoms with Gasteiger partial charge in [0, 0.05) is 44.5 Å². The highest BCUT2D eigenvalue weighted by Gasteiger charge is 2.47. The minimum absolute atomic E-state index is 0.285. The number of ether oxygens (including phenoxy) is 4. The van der Waals surface area contributed by atoms with Gasteiger partial charge in [-0.05, 0) is 12.1 Å². The van der Waals surface area contributed by atoms with Crippen molar-refractivity contribution in [2.75, 3.05) is 5.75 Å². The third-order valence-corrected chi connectivity index (χ3v) is 5.36. The van der Waals surface area contributed by atoms with Gasteiger partial charge >= 0.3 is 17.9 Å². The summed E-state index contributed by atoms with van der Waals surface area (Å²) in [6.45, 7) is 3.72. The van der Waals surface area contributed by atoms with E-state index in [1.807, 2.05) is 0 Å². The molecule has 0 amide bonds. The Balaban J connectivity index is 1.80. The van der Waals surface area contributed by atoms with Gasteiger partial charge in [-0.25, -0.2) is 9.97 Å². The van der Waals surface area contributed by atoms with Crippen LogP contribution in [-0.2, 0) is 28.6 Å². The molecule has 0 radical (unpaired) electrons. The van der Waals surface area contributed by atoms with Gasteiger partial charge in [0.15, 0.2) is 23.7 Å². The Hall–Kier alpha value is -3.21. The second-order valence-electron chi connectivity index (χ2n) is 6.62. The number of esters is 3. The summed E-state index contributed by atoms with van der Waals surface area (Å²) in [7, 11) is 0.